The standard InChI is InChI=1S/C12H17N3O4/c1-3-4-12(11(17)18)5-6-15(7-12)10(16)9-13-8(2)19-14-9/h3-7H2,1-2H3,(H,17,18). The molecular formula is C12H17N3O4. The van der Waals surface area contributed by atoms with Gasteiger partial charge in [0.15, 0.2) is 0 Å². The lowest BCUT2D eigenvalue weighted by Crippen LogP contribution is -2.37. The molecule has 1 saturated heterocycles. The van der Waals surface area contributed by atoms with Gasteiger partial charge in [0.2, 0.25) is 5.89 Å². The number of carbonyl (C=O) groups is 2. The first kappa shape index (κ1) is 13.5. The van der Waals surface area contributed by atoms with Gasteiger partial charge in [-0.25, -0.2) is 0 Å². The van der Waals surface area contributed by atoms with Gasteiger partial charge in [0, 0.05) is 20.0 Å². The number of rotatable bonds is 4. The number of aliphatic carboxylic acids is 1. The first-order valence-corrected chi connectivity index (χ1v) is 6.31. The molecule has 0 radical (unpaired) electrons. The van der Waals surface area contributed by atoms with Gasteiger partial charge in [-0.1, -0.05) is 18.5 Å². The molecule has 19 heavy (non-hydrogen) atoms. The molecule has 104 valence electrons. The number of nitrogens with zero attached hydrogens (tertiary/aromatic N) is 3. The number of aryl methyl sites for hydroxylation is 1. The van der Waals surface area contributed by atoms with Crippen LogP contribution in [0.15, 0.2) is 4.52 Å². The van der Waals surface area contributed by atoms with Crippen LogP contribution >= 0.6 is 0 Å². The summed E-state index contributed by atoms with van der Waals surface area (Å²) in [4.78, 5) is 28.9. The second-order valence-electron chi connectivity index (χ2n) is 4.95. The summed E-state index contributed by atoms with van der Waals surface area (Å²) in [7, 11) is 0. The van der Waals surface area contributed by atoms with Crippen LogP contribution in [0.25, 0.3) is 0 Å². The Labute approximate surface area is 110 Å². The van der Waals surface area contributed by atoms with E-state index in [0.717, 1.165) is 6.42 Å². The maximum absolute atomic E-state index is 12.1. The van der Waals surface area contributed by atoms with Crippen molar-refractivity contribution in [3.8, 4) is 0 Å². The molecule has 0 aliphatic carbocycles. The molecule has 1 unspecified atom stereocenters. The summed E-state index contributed by atoms with van der Waals surface area (Å²) in [6.45, 7) is 4.17. The van der Waals surface area contributed by atoms with Gasteiger partial charge in [-0.3, -0.25) is 9.59 Å². The zero-order valence-electron chi connectivity index (χ0n) is 11.0. The number of aromatic nitrogens is 2. The van der Waals surface area contributed by atoms with Crippen LogP contribution in [0.4, 0.5) is 0 Å². The summed E-state index contributed by atoms with van der Waals surface area (Å²) in [5, 5.41) is 13.0. The molecule has 1 aliphatic heterocycles. The number of carbonyl (C=O) groups excluding carboxylic acids is 1. The zero-order valence-corrected chi connectivity index (χ0v) is 11.0. The summed E-state index contributed by atoms with van der Waals surface area (Å²) >= 11 is 0. The van der Waals surface area contributed by atoms with Crippen molar-refractivity contribution in [1.82, 2.24) is 15.0 Å². The quantitative estimate of drug-likeness (QED) is 0.877. The van der Waals surface area contributed by atoms with Crippen molar-refractivity contribution in [3.63, 3.8) is 0 Å². The van der Waals surface area contributed by atoms with Crippen molar-refractivity contribution < 1.29 is 19.2 Å². The van der Waals surface area contributed by atoms with E-state index in [1.807, 2.05) is 6.92 Å². The van der Waals surface area contributed by atoms with Crippen LogP contribution in [0.3, 0.4) is 0 Å². The summed E-state index contributed by atoms with van der Waals surface area (Å²) in [5.41, 5.74) is -0.830. The van der Waals surface area contributed by atoms with Gasteiger partial charge in [0.1, 0.15) is 0 Å². The molecule has 1 atom stereocenters. The third-order valence-corrected chi connectivity index (χ3v) is 3.54. The fourth-order valence-corrected chi connectivity index (χ4v) is 2.54. The Morgan fingerprint density at radius 1 is 1.53 bits per heavy atom. The summed E-state index contributed by atoms with van der Waals surface area (Å²) in [5.74, 6) is -0.888. The fourth-order valence-electron chi connectivity index (χ4n) is 2.54. The first-order valence-electron chi connectivity index (χ1n) is 6.31. The Kier molecular flexibility index (Phi) is 3.55. The molecule has 7 heteroatoms. The van der Waals surface area contributed by atoms with E-state index in [1.165, 1.54) is 4.90 Å². The normalized spacial score (nSPS) is 22.7. The van der Waals surface area contributed by atoms with Gasteiger partial charge in [-0.2, -0.15) is 4.98 Å². The molecule has 1 N–H and O–H groups in total. The van der Waals surface area contributed by atoms with Crippen molar-refractivity contribution in [2.45, 2.75) is 33.1 Å². The minimum Gasteiger partial charge on any atom is -0.481 e. The molecule has 1 amide bonds. The third-order valence-electron chi connectivity index (χ3n) is 3.54. The smallest absolute Gasteiger partial charge is 0.311 e. The lowest BCUT2D eigenvalue weighted by Gasteiger charge is -2.23. The first-order chi connectivity index (χ1) is 8.98. The molecule has 0 spiro atoms. The monoisotopic (exact) mass is 267 g/mol. The van der Waals surface area contributed by atoms with Crippen LogP contribution in [-0.2, 0) is 4.79 Å². The number of carboxylic acids is 1. The topological polar surface area (TPSA) is 96.5 Å². The van der Waals surface area contributed by atoms with E-state index >= 15 is 0 Å². The van der Waals surface area contributed by atoms with Crippen LogP contribution in [0.1, 0.15) is 42.7 Å². The van der Waals surface area contributed by atoms with Gasteiger partial charge in [-0.05, 0) is 12.8 Å². The van der Waals surface area contributed by atoms with E-state index in [1.54, 1.807) is 6.92 Å². The Hall–Kier alpha value is -1.92. The number of amides is 1. The maximum Gasteiger partial charge on any atom is 0.311 e. The van der Waals surface area contributed by atoms with Crippen molar-refractivity contribution in [2.24, 2.45) is 5.41 Å². The molecule has 1 aromatic rings. The highest BCUT2D eigenvalue weighted by Gasteiger charge is 2.46. The van der Waals surface area contributed by atoms with Crippen LogP contribution < -0.4 is 0 Å². The minimum absolute atomic E-state index is 0.00446. The number of hydrogen-bond donors (Lipinski definition) is 1. The Balaban J connectivity index is 2.13. The third kappa shape index (κ3) is 2.45. The van der Waals surface area contributed by atoms with E-state index in [2.05, 4.69) is 10.1 Å². The molecule has 7 nitrogen and oxygen atoms in total. The van der Waals surface area contributed by atoms with Crippen molar-refractivity contribution in [2.75, 3.05) is 13.1 Å². The Morgan fingerprint density at radius 2 is 2.26 bits per heavy atom. The van der Waals surface area contributed by atoms with Gasteiger partial charge < -0.3 is 14.5 Å². The highest BCUT2D eigenvalue weighted by Crippen LogP contribution is 2.35. The Morgan fingerprint density at radius 3 is 2.79 bits per heavy atom. The van der Waals surface area contributed by atoms with Crippen LogP contribution in [0.2, 0.25) is 0 Å². The van der Waals surface area contributed by atoms with Gasteiger partial charge in [-0.15, -0.1) is 0 Å². The second-order valence-corrected chi connectivity index (χ2v) is 4.95. The van der Waals surface area contributed by atoms with Gasteiger partial charge in [0.25, 0.3) is 11.7 Å². The molecular weight excluding hydrogens is 250 g/mol. The Bertz CT molecular complexity index is 499. The summed E-state index contributed by atoms with van der Waals surface area (Å²) in [6.07, 6.45) is 1.81. The van der Waals surface area contributed by atoms with Crippen LogP contribution in [0.5, 0.6) is 0 Å². The molecule has 0 saturated carbocycles. The molecule has 1 aromatic heterocycles. The molecule has 2 rings (SSSR count). The SMILES string of the molecule is CCCC1(C(=O)O)CCN(C(=O)c2noc(C)n2)C1. The van der Waals surface area contributed by atoms with E-state index in [4.69, 9.17) is 4.52 Å². The molecule has 0 aromatic carbocycles. The van der Waals surface area contributed by atoms with E-state index in [0.29, 0.717) is 25.3 Å². The van der Waals surface area contributed by atoms with Gasteiger partial charge in [0.05, 0.1) is 5.41 Å². The largest absolute Gasteiger partial charge is 0.481 e. The number of hydrogen-bond acceptors (Lipinski definition) is 5. The fraction of sp³-hybridized carbons (Fsp3) is 0.667. The summed E-state index contributed by atoms with van der Waals surface area (Å²) < 4.78 is 4.77. The van der Waals surface area contributed by atoms with E-state index in [-0.39, 0.29) is 18.3 Å². The molecule has 1 aliphatic rings. The van der Waals surface area contributed by atoms with Gasteiger partial charge >= 0.3 is 5.97 Å². The highest BCUT2D eigenvalue weighted by molar-refractivity contribution is 5.91. The number of carboxylic acid groups (broad SMARTS) is 1. The second kappa shape index (κ2) is 4.99. The predicted octanol–water partition coefficient (Wildman–Crippen LogP) is 1.10. The molecule has 1 fully saturated rings. The summed E-state index contributed by atoms with van der Waals surface area (Å²) in [6, 6.07) is 0. The average Bonchev–Trinajstić information content (AvgIpc) is 2.96. The van der Waals surface area contributed by atoms with Crippen molar-refractivity contribution >= 4 is 11.9 Å². The van der Waals surface area contributed by atoms with E-state index < -0.39 is 11.4 Å². The highest BCUT2D eigenvalue weighted by atomic mass is 16.5. The number of likely N-dealkylation sites (tertiary alicyclic amines) is 1. The zero-order chi connectivity index (χ0) is 14.0. The molecule has 0 bridgehead atoms. The van der Waals surface area contributed by atoms with Crippen LogP contribution in [-0.4, -0.2) is 45.1 Å². The predicted molar refractivity (Wildman–Crippen MR) is 64.5 cm³/mol. The lowest BCUT2D eigenvalue weighted by molar-refractivity contribution is -0.148. The lowest BCUT2D eigenvalue weighted by atomic mass is 9.83. The van der Waals surface area contributed by atoms with Crippen molar-refractivity contribution in [1.29, 1.82) is 0 Å². The maximum atomic E-state index is 12.1. The van der Waals surface area contributed by atoms with Crippen molar-refractivity contribution in [3.05, 3.63) is 11.7 Å². The molecule has 2 heterocycles. The van der Waals surface area contributed by atoms with Crippen LogP contribution in [0, 0.1) is 12.3 Å². The van der Waals surface area contributed by atoms with E-state index in [9.17, 15) is 14.7 Å². The minimum atomic E-state index is -0.839. The average molecular weight is 267 g/mol.